The highest BCUT2D eigenvalue weighted by Crippen LogP contribution is 2.23. The fourth-order valence-electron chi connectivity index (χ4n) is 2.83. The van der Waals surface area contributed by atoms with Gasteiger partial charge in [-0.05, 0) is 48.1 Å². The molecule has 2 aromatic rings. The van der Waals surface area contributed by atoms with E-state index in [0.717, 1.165) is 47.4 Å². The minimum absolute atomic E-state index is 0.0682. The van der Waals surface area contributed by atoms with Gasteiger partial charge in [0.1, 0.15) is 20.2 Å². The smallest absolute Gasteiger partial charge is 0.157 e. The molecular weight excluding hydrogens is 311 g/mol. The molecule has 0 saturated carbocycles. The Balaban J connectivity index is 1.47. The summed E-state index contributed by atoms with van der Waals surface area (Å²) >= 11 is 0. The maximum Gasteiger partial charge on any atom is 0.157 e. The summed E-state index contributed by atoms with van der Waals surface area (Å²) in [6.45, 7) is 6.00. The topological polar surface area (TPSA) is 27.7 Å². The Morgan fingerprint density at radius 1 is 1.08 bits per heavy atom. The summed E-state index contributed by atoms with van der Waals surface area (Å²) in [6, 6.07) is 15.6. The second-order valence-corrected chi connectivity index (χ2v) is 6.14. The molecule has 4 heteroatoms. The van der Waals surface area contributed by atoms with Gasteiger partial charge >= 0.3 is 0 Å². The van der Waals surface area contributed by atoms with Crippen LogP contribution in [0.1, 0.15) is 30.4 Å². The number of rotatable bonds is 7. The zero-order valence-corrected chi connectivity index (χ0v) is 14.4. The maximum absolute atomic E-state index is 5.84. The van der Waals surface area contributed by atoms with Crippen molar-refractivity contribution in [2.45, 2.75) is 25.6 Å². The molecule has 1 heterocycles. The third-order valence-electron chi connectivity index (χ3n) is 4.23. The molecule has 1 unspecified atom stereocenters. The minimum atomic E-state index is -0.0682. The summed E-state index contributed by atoms with van der Waals surface area (Å²) in [5, 5.41) is 0. The number of benzene rings is 2. The van der Waals surface area contributed by atoms with Crippen LogP contribution < -0.4 is 10.2 Å². The van der Waals surface area contributed by atoms with Crippen LogP contribution in [0.4, 0.5) is 0 Å². The van der Waals surface area contributed by atoms with Gasteiger partial charge < -0.3 is 14.2 Å². The van der Waals surface area contributed by atoms with Crippen molar-refractivity contribution < 1.29 is 14.2 Å². The number of hydrogen-bond donors (Lipinski definition) is 0. The zero-order valence-electron chi connectivity index (χ0n) is 14.4. The Bertz CT molecular complexity index is 691. The van der Waals surface area contributed by atoms with E-state index in [9.17, 15) is 0 Å². The first-order valence-electron chi connectivity index (χ1n) is 8.73. The molecule has 25 heavy (non-hydrogen) atoms. The Morgan fingerprint density at radius 3 is 2.64 bits per heavy atom. The molecule has 0 bridgehead atoms. The van der Waals surface area contributed by atoms with E-state index in [0.29, 0.717) is 13.2 Å². The molecule has 0 aromatic heterocycles. The van der Waals surface area contributed by atoms with Crippen LogP contribution >= 0.6 is 0 Å². The SMILES string of the molecule is [B]c1cccc(C(=C)c2ccc(OCCOC3CCCCO3)cc2)c1. The van der Waals surface area contributed by atoms with Crippen molar-refractivity contribution >= 4 is 18.9 Å². The lowest BCUT2D eigenvalue weighted by Gasteiger charge is -2.22. The van der Waals surface area contributed by atoms with Crippen LogP contribution in [0.2, 0.25) is 0 Å². The lowest BCUT2D eigenvalue weighted by Crippen LogP contribution is -2.24. The average molecular weight is 334 g/mol. The minimum Gasteiger partial charge on any atom is -0.491 e. The van der Waals surface area contributed by atoms with Crippen LogP contribution in [-0.4, -0.2) is 34.0 Å². The molecule has 3 rings (SSSR count). The molecule has 1 aliphatic heterocycles. The van der Waals surface area contributed by atoms with E-state index >= 15 is 0 Å². The monoisotopic (exact) mass is 334 g/mol. The summed E-state index contributed by atoms with van der Waals surface area (Å²) in [7, 11) is 5.84. The maximum atomic E-state index is 5.84. The standard InChI is InChI=1S/C21H23BO3/c1-16(18-5-4-6-19(22)15-18)17-8-10-20(11-9-17)23-13-14-25-21-7-2-3-12-24-21/h4-6,8-11,15,21H,1-3,7,12-14H2. The molecule has 0 spiro atoms. The van der Waals surface area contributed by atoms with E-state index in [1.54, 1.807) is 0 Å². The second-order valence-electron chi connectivity index (χ2n) is 6.14. The van der Waals surface area contributed by atoms with Crippen LogP contribution in [0, 0.1) is 0 Å². The molecule has 1 atom stereocenters. The number of ether oxygens (including phenoxy) is 3. The van der Waals surface area contributed by atoms with Crippen molar-refractivity contribution in [3.05, 3.63) is 66.2 Å². The predicted molar refractivity (Wildman–Crippen MR) is 101 cm³/mol. The van der Waals surface area contributed by atoms with Crippen molar-refractivity contribution in [3.63, 3.8) is 0 Å². The summed E-state index contributed by atoms with van der Waals surface area (Å²) in [6.07, 6.45) is 3.20. The highest BCUT2D eigenvalue weighted by molar-refractivity contribution is 6.32. The molecule has 1 fully saturated rings. The van der Waals surface area contributed by atoms with E-state index < -0.39 is 0 Å². The van der Waals surface area contributed by atoms with Gasteiger partial charge in [0.2, 0.25) is 0 Å². The van der Waals surface area contributed by atoms with Crippen LogP contribution in [0.3, 0.4) is 0 Å². The highest BCUT2D eigenvalue weighted by Gasteiger charge is 2.13. The molecule has 2 aromatic carbocycles. The van der Waals surface area contributed by atoms with Crippen LogP contribution in [0.5, 0.6) is 5.75 Å². The highest BCUT2D eigenvalue weighted by atomic mass is 16.7. The molecule has 0 amide bonds. The van der Waals surface area contributed by atoms with Gasteiger partial charge in [0.05, 0.1) is 6.61 Å². The van der Waals surface area contributed by atoms with Gasteiger partial charge in [-0.1, -0.05) is 48.4 Å². The molecule has 3 nitrogen and oxygen atoms in total. The van der Waals surface area contributed by atoms with Crippen molar-refractivity contribution in [3.8, 4) is 5.75 Å². The van der Waals surface area contributed by atoms with Crippen LogP contribution in [0.25, 0.3) is 5.57 Å². The zero-order chi connectivity index (χ0) is 17.5. The first-order chi connectivity index (χ1) is 12.2. The van der Waals surface area contributed by atoms with Gasteiger partial charge in [0, 0.05) is 6.61 Å². The van der Waals surface area contributed by atoms with Gasteiger partial charge in [-0.25, -0.2) is 0 Å². The molecule has 1 saturated heterocycles. The summed E-state index contributed by atoms with van der Waals surface area (Å²) < 4.78 is 16.9. The first kappa shape index (κ1) is 17.8. The first-order valence-corrected chi connectivity index (χ1v) is 8.73. The van der Waals surface area contributed by atoms with Gasteiger partial charge in [-0.3, -0.25) is 0 Å². The largest absolute Gasteiger partial charge is 0.491 e. The van der Waals surface area contributed by atoms with E-state index in [1.807, 2.05) is 48.5 Å². The fourth-order valence-corrected chi connectivity index (χ4v) is 2.83. The third kappa shape index (κ3) is 5.22. The van der Waals surface area contributed by atoms with E-state index in [4.69, 9.17) is 22.1 Å². The molecular formula is C21H23BO3. The van der Waals surface area contributed by atoms with E-state index in [1.165, 1.54) is 6.42 Å². The van der Waals surface area contributed by atoms with Gasteiger partial charge in [0.25, 0.3) is 0 Å². The molecule has 1 aliphatic rings. The van der Waals surface area contributed by atoms with Crippen LogP contribution in [0.15, 0.2) is 55.1 Å². The molecule has 0 N–H and O–H groups in total. The van der Waals surface area contributed by atoms with Gasteiger partial charge in [-0.15, -0.1) is 0 Å². The van der Waals surface area contributed by atoms with Crippen molar-refractivity contribution in [1.82, 2.24) is 0 Å². The Hall–Kier alpha value is -2.04. The average Bonchev–Trinajstić information content (AvgIpc) is 2.66. The predicted octanol–water partition coefficient (Wildman–Crippen LogP) is 3.46. The van der Waals surface area contributed by atoms with Crippen molar-refractivity contribution in [2.24, 2.45) is 0 Å². The lowest BCUT2D eigenvalue weighted by atomic mass is 9.91. The van der Waals surface area contributed by atoms with Crippen molar-refractivity contribution in [1.29, 1.82) is 0 Å². The van der Waals surface area contributed by atoms with E-state index in [-0.39, 0.29) is 6.29 Å². The normalized spacial score (nSPS) is 17.2. The summed E-state index contributed by atoms with van der Waals surface area (Å²) in [5.74, 6) is 0.817. The Kier molecular flexibility index (Phi) is 6.32. The lowest BCUT2D eigenvalue weighted by molar-refractivity contribution is -0.165. The second kappa shape index (κ2) is 8.88. The molecule has 0 aliphatic carbocycles. The Labute approximate surface area is 151 Å². The Morgan fingerprint density at radius 2 is 1.92 bits per heavy atom. The van der Waals surface area contributed by atoms with Gasteiger partial charge in [0.15, 0.2) is 6.29 Å². The van der Waals surface area contributed by atoms with Gasteiger partial charge in [-0.2, -0.15) is 0 Å². The molecule has 128 valence electrons. The summed E-state index contributed by atoms with van der Waals surface area (Å²) in [4.78, 5) is 0. The van der Waals surface area contributed by atoms with E-state index in [2.05, 4.69) is 6.58 Å². The number of hydrogen-bond acceptors (Lipinski definition) is 3. The van der Waals surface area contributed by atoms with Crippen molar-refractivity contribution in [2.75, 3.05) is 19.8 Å². The molecule has 2 radical (unpaired) electrons. The fraction of sp³-hybridized carbons (Fsp3) is 0.333. The van der Waals surface area contributed by atoms with Crippen LogP contribution in [-0.2, 0) is 9.47 Å². The third-order valence-corrected chi connectivity index (χ3v) is 4.23. The quantitative estimate of drug-likeness (QED) is 0.573. The summed E-state index contributed by atoms with van der Waals surface area (Å²) in [5.41, 5.74) is 3.75.